The summed E-state index contributed by atoms with van der Waals surface area (Å²) in [5, 5.41) is 3.09. The molecule has 0 aromatic rings. The van der Waals surface area contributed by atoms with Gasteiger partial charge in [-0.3, -0.25) is 9.59 Å². The summed E-state index contributed by atoms with van der Waals surface area (Å²) in [5.74, 6) is 0.766. The Labute approximate surface area is 159 Å². The number of piperidine rings is 1. The highest BCUT2D eigenvalue weighted by molar-refractivity contribution is 5.84. The number of carbonyl (C=O) groups is 2. The topological polar surface area (TPSA) is 58.6 Å². The number of likely N-dealkylation sites (tertiary alicyclic amines) is 1. The minimum absolute atomic E-state index is 0.0352. The summed E-state index contributed by atoms with van der Waals surface area (Å²) in [6.45, 7) is 14.7. The van der Waals surface area contributed by atoms with Gasteiger partial charge in [0.05, 0.1) is 0 Å². The minimum atomic E-state index is -0.440. The van der Waals surface area contributed by atoms with Crippen LogP contribution in [0.3, 0.4) is 0 Å². The van der Waals surface area contributed by atoms with Gasteiger partial charge in [0.1, 0.15) is 6.10 Å². The van der Waals surface area contributed by atoms with Crippen LogP contribution in [0.2, 0.25) is 0 Å². The third-order valence-corrected chi connectivity index (χ3v) is 5.74. The maximum atomic E-state index is 12.9. The summed E-state index contributed by atoms with van der Waals surface area (Å²) in [6, 6.07) is 0.0352. The van der Waals surface area contributed by atoms with Crippen LogP contribution in [-0.4, -0.2) is 48.6 Å². The van der Waals surface area contributed by atoms with Crippen molar-refractivity contribution in [2.45, 2.75) is 85.8 Å². The number of amides is 2. The second-order valence-electron chi connectivity index (χ2n) is 9.87. The molecule has 5 nitrogen and oxygen atoms in total. The van der Waals surface area contributed by atoms with Crippen molar-refractivity contribution < 1.29 is 14.3 Å². The van der Waals surface area contributed by atoms with E-state index in [9.17, 15) is 9.59 Å². The first-order chi connectivity index (χ1) is 12.0. The zero-order valence-corrected chi connectivity index (χ0v) is 17.6. The first-order valence-corrected chi connectivity index (χ1v) is 10.2. The molecular formula is C21H38N2O3. The molecule has 1 saturated heterocycles. The fourth-order valence-corrected chi connectivity index (χ4v) is 4.75. The summed E-state index contributed by atoms with van der Waals surface area (Å²) in [7, 11) is 0. The first kappa shape index (κ1) is 21.2. The molecule has 0 aromatic carbocycles. The van der Waals surface area contributed by atoms with E-state index in [0.29, 0.717) is 19.1 Å². The number of rotatable bonds is 7. The lowest BCUT2D eigenvalue weighted by molar-refractivity contribution is -0.156. The van der Waals surface area contributed by atoms with E-state index in [4.69, 9.17) is 4.74 Å². The normalized spacial score (nSPS) is 25.5. The lowest BCUT2D eigenvalue weighted by Gasteiger charge is -2.52. The number of carbonyl (C=O) groups excluding carboxylic acids is 2. The second kappa shape index (κ2) is 8.28. The van der Waals surface area contributed by atoms with Crippen LogP contribution >= 0.6 is 0 Å². The molecule has 0 radical (unpaired) electrons. The van der Waals surface area contributed by atoms with Crippen molar-refractivity contribution in [3.05, 3.63) is 0 Å². The third-order valence-electron chi connectivity index (χ3n) is 5.74. The molecule has 0 aromatic heterocycles. The van der Waals surface area contributed by atoms with Crippen molar-refractivity contribution >= 4 is 11.8 Å². The van der Waals surface area contributed by atoms with Gasteiger partial charge in [0, 0.05) is 31.2 Å². The van der Waals surface area contributed by atoms with Crippen LogP contribution in [0.15, 0.2) is 0 Å². The molecule has 1 aliphatic carbocycles. The highest BCUT2D eigenvalue weighted by atomic mass is 16.5. The van der Waals surface area contributed by atoms with Crippen LogP contribution in [-0.2, 0) is 14.3 Å². The number of hydrogen-bond acceptors (Lipinski definition) is 3. The van der Waals surface area contributed by atoms with Gasteiger partial charge in [-0.25, -0.2) is 0 Å². The summed E-state index contributed by atoms with van der Waals surface area (Å²) in [5.41, 5.74) is 0.0548. The van der Waals surface area contributed by atoms with Gasteiger partial charge in [0.25, 0.3) is 0 Å². The zero-order valence-electron chi connectivity index (χ0n) is 17.6. The van der Waals surface area contributed by atoms with E-state index in [1.54, 1.807) is 6.92 Å². The quantitative estimate of drug-likeness (QED) is 0.751. The number of ether oxygens (including phenoxy) is 1. The van der Waals surface area contributed by atoms with Crippen LogP contribution in [0.5, 0.6) is 0 Å². The summed E-state index contributed by atoms with van der Waals surface area (Å²) in [4.78, 5) is 27.3. The largest absolute Gasteiger partial charge is 0.369 e. The minimum Gasteiger partial charge on any atom is -0.369 e. The molecule has 2 amide bonds. The summed E-state index contributed by atoms with van der Waals surface area (Å²) in [6.07, 6.45) is 4.29. The number of nitrogens with one attached hydrogen (secondary N) is 1. The molecular weight excluding hydrogens is 328 g/mol. The van der Waals surface area contributed by atoms with Gasteiger partial charge in [-0.1, -0.05) is 34.6 Å². The third kappa shape index (κ3) is 5.45. The van der Waals surface area contributed by atoms with E-state index in [1.807, 2.05) is 4.90 Å². The Balaban J connectivity index is 1.80. The fraction of sp³-hybridized carbons (Fsp3) is 0.905. The molecule has 0 spiro atoms. The predicted octanol–water partition coefficient (Wildman–Crippen LogP) is 3.37. The molecule has 1 saturated carbocycles. The molecule has 5 heteroatoms. The molecule has 26 heavy (non-hydrogen) atoms. The van der Waals surface area contributed by atoms with Crippen molar-refractivity contribution in [1.82, 2.24) is 10.2 Å². The maximum absolute atomic E-state index is 12.9. The molecule has 1 heterocycles. The van der Waals surface area contributed by atoms with Gasteiger partial charge in [-0.2, -0.15) is 0 Å². The van der Waals surface area contributed by atoms with Crippen molar-refractivity contribution in [2.24, 2.45) is 16.7 Å². The highest BCUT2D eigenvalue weighted by Gasteiger charge is 2.52. The Morgan fingerprint density at radius 1 is 1.19 bits per heavy atom. The van der Waals surface area contributed by atoms with Gasteiger partial charge in [-0.15, -0.1) is 0 Å². The van der Waals surface area contributed by atoms with Crippen molar-refractivity contribution in [3.63, 3.8) is 0 Å². The Morgan fingerprint density at radius 3 is 2.42 bits per heavy atom. The maximum Gasteiger partial charge on any atom is 0.249 e. The van der Waals surface area contributed by atoms with Crippen molar-refractivity contribution in [3.8, 4) is 0 Å². The Kier molecular flexibility index (Phi) is 6.75. The molecule has 1 aliphatic heterocycles. The SMILES string of the molecule is CC(C)CCOC(C)C(=O)NC1CCCN(C(=O)C2(C)CC(C)(C)C2)C1. The van der Waals surface area contributed by atoms with Gasteiger partial charge in [0.2, 0.25) is 11.8 Å². The van der Waals surface area contributed by atoms with E-state index in [1.165, 1.54) is 0 Å². The fourth-order valence-electron chi connectivity index (χ4n) is 4.75. The van der Waals surface area contributed by atoms with Crippen molar-refractivity contribution in [2.75, 3.05) is 19.7 Å². The lowest BCUT2D eigenvalue weighted by atomic mass is 9.54. The Bertz CT molecular complexity index is 507. The average Bonchev–Trinajstić information content (AvgIpc) is 2.51. The van der Waals surface area contributed by atoms with E-state index in [2.05, 4.69) is 39.9 Å². The predicted molar refractivity (Wildman–Crippen MR) is 104 cm³/mol. The van der Waals surface area contributed by atoms with Crippen LogP contribution in [0.4, 0.5) is 0 Å². The number of nitrogens with zero attached hydrogens (tertiary/aromatic N) is 1. The van der Waals surface area contributed by atoms with E-state index in [0.717, 1.165) is 38.6 Å². The Morgan fingerprint density at radius 2 is 1.85 bits per heavy atom. The molecule has 2 fully saturated rings. The van der Waals surface area contributed by atoms with Crippen LogP contribution < -0.4 is 5.32 Å². The molecule has 2 aliphatic rings. The monoisotopic (exact) mass is 366 g/mol. The highest BCUT2D eigenvalue weighted by Crippen LogP contribution is 2.54. The van der Waals surface area contributed by atoms with E-state index < -0.39 is 6.10 Å². The number of hydrogen-bond donors (Lipinski definition) is 1. The van der Waals surface area contributed by atoms with Gasteiger partial charge >= 0.3 is 0 Å². The first-order valence-electron chi connectivity index (χ1n) is 10.2. The molecule has 2 atom stereocenters. The van der Waals surface area contributed by atoms with Crippen molar-refractivity contribution in [1.29, 1.82) is 0 Å². The molecule has 2 unspecified atom stereocenters. The summed E-state index contributed by atoms with van der Waals surface area (Å²) >= 11 is 0. The van der Waals surface area contributed by atoms with Crippen LogP contribution in [0, 0.1) is 16.7 Å². The molecule has 0 bridgehead atoms. The average molecular weight is 367 g/mol. The lowest BCUT2D eigenvalue weighted by Crippen LogP contribution is -2.57. The standard InChI is InChI=1S/C21H38N2O3/c1-15(2)9-11-26-16(3)18(24)22-17-8-7-10-23(12-17)19(25)21(6)13-20(4,5)14-21/h15-17H,7-14H2,1-6H3,(H,22,24). The van der Waals surface area contributed by atoms with Gasteiger partial charge in [-0.05, 0) is 50.4 Å². The van der Waals surface area contributed by atoms with Gasteiger partial charge in [0.15, 0.2) is 0 Å². The summed E-state index contributed by atoms with van der Waals surface area (Å²) < 4.78 is 5.64. The molecule has 2 rings (SSSR count). The Hall–Kier alpha value is -1.10. The van der Waals surface area contributed by atoms with Gasteiger partial charge < -0.3 is 15.0 Å². The zero-order chi connectivity index (χ0) is 19.5. The van der Waals surface area contributed by atoms with Crippen LogP contribution in [0.1, 0.15) is 73.6 Å². The van der Waals surface area contributed by atoms with E-state index >= 15 is 0 Å². The van der Waals surface area contributed by atoms with E-state index in [-0.39, 0.29) is 28.7 Å². The smallest absolute Gasteiger partial charge is 0.249 e. The second-order valence-corrected chi connectivity index (χ2v) is 9.87. The molecule has 1 N–H and O–H groups in total. The van der Waals surface area contributed by atoms with Crippen LogP contribution in [0.25, 0.3) is 0 Å². The molecule has 150 valence electrons.